The minimum atomic E-state index is -3.85. The maximum Gasteiger partial charge on any atom is 0.265 e. The lowest BCUT2D eigenvalue weighted by molar-refractivity contribution is 0.132. The first kappa shape index (κ1) is 14.9. The molecule has 0 unspecified atom stereocenters. The summed E-state index contributed by atoms with van der Waals surface area (Å²) in [5, 5.41) is 0.323. The van der Waals surface area contributed by atoms with E-state index in [0.29, 0.717) is 16.7 Å². The zero-order valence-electron chi connectivity index (χ0n) is 10.6. The van der Waals surface area contributed by atoms with Crippen molar-refractivity contribution in [2.45, 2.75) is 43.6 Å². The van der Waals surface area contributed by atoms with E-state index in [0.717, 1.165) is 25.7 Å². The maximum absolute atomic E-state index is 11.5. The van der Waals surface area contributed by atoms with Crippen LogP contribution in [0.15, 0.2) is 23.1 Å². The van der Waals surface area contributed by atoms with Crippen LogP contribution >= 0.6 is 22.3 Å². The minimum Gasteiger partial charge on any atom is -0.489 e. The van der Waals surface area contributed by atoms with Crippen molar-refractivity contribution in [1.29, 1.82) is 0 Å². The molecule has 0 N–H and O–H groups in total. The summed E-state index contributed by atoms with van der Waals surface area (Å²) in [5.74, 6) is 1.00. The first-order chi connectivity index (χ1) is 8.86. The highest BCUT2D eigenvalue weighted by atomic mass is 35.7. The van der Waals surface area contributed by atoms with Gasteiger partial charge in [0.1, 0.15) is 10.6 Å². The summed E-state index contributed by atoms with van der Waals surface area (Å²) in [5.41, 5.74) is 0. The van der Waals surface area contributed by atoms with E-state index in [4.69, 9.17) is 27.0 Å². The lowest BCUT2D eigenvalue weighted by atomic mass is 9.89. The van der Waals surface area contributed by atoms with Crippen molar-refractivity contribution < 1.29 is 13.2 Å². The van der Waals surface area contributed by atoms with E-state index < -0.39 is 9.05 Å². The molecule has 1 aliphatic rings. The molecule has 1 aromatic carbocycles. The van der Waals surface area contributed by atoms with Gasteiger partial charge in [-0.3, -0.25) is 0 Å². The Morgan fingerprint density at radius 1 is 1.21 bits per heavy atom. The first-order valence-electron chi connectivity index (χ1n) is 6.27. The number of hydrogen-bond acceptors (Lipinski definition) is 3. The number of ether oxygens (including phenoxy) is 1. The fraction of sp³-hybridized carbons (Fsp3) is 0.538. The van der Waals surface area contributed by atoms with Crippen LogP contribution in [-0.2, 0) is 9.05 Å². The summed E-state index contributed by atoms with van der Waals surface area (Å²) in [6.45, 7) is 2.22. The Balaban J connectivity index is 2.21. The van der Waals surface area contributed by atoms with Crippen molar-refractivity contribution in [1.82, 2.24) is 0 Å². The van der Waals surface area contributed by atoms with E-state index >= 15 is 0 Å². The van der Waals surface area contributed by atoms with Gasteiger partial charge in [0.25, 0.3) is 9.05 Å². The van der Waals surface area contributed by atoms with Gasteiger partial charge in [-0.05, 0) is 49.8 Å². The van der Waals surface area contributed by atoms with Gasteiger partial charge in [-0.25, -0.2) is 8.42 Å². The first-order valence-corrected chi connectivity index (χ1v) is 8.96. The van der Waals surface area contributed by atoms with Crippen LogP contribution in [0.4, 0.5) is 0 Å². The van der Waals surface area contributed by atoms with E-state index in [9.17, 15) is 8.42 Å². The molecule has 106 valence electrons. The molecule has 0 atom stereocenters. The second-order valence-corrected chi connectivity index (χ2v) is 8.00. The normalized spacial score (nSPS) is 24.2. The molecule has 1 fully saturated rings. The van der Waals surface area contributed by atoms with Gasteiger partial charge in [-0.15, -0.1) is 0 Å². The zero-order valence-corrected chi connectivity index (χ0v) is 12.9. The number of halogens is 2. The van der Waals surface area contributed by atoms with Crippen LogP contribution < -0.4 is 4.74 Å². The van der Waals surface area contributed by atoms with Gasteiger partial charge >= 0.3 is 0 Å². The molecule has 0 heterocycles. The Kier molecular flexibility index (Phi) is 4.64. The topological polar surface area (TPSA) is 43.4 Å². The van der Waals surface area contributed by atoms with Gasteiger partial charge in [0.05, 0.1) is 6.10 Å². The molecule has 2 rings (SSSR count). The molecule has 0 saturated heterocycles. The van der Waals surface area contributed by atoms with E-state index in [1.165, 1.54) is 6.07 Å². The zero-order chi connectivity index (χ0) is 14.0. The molecule has 0 amide bonds. The number of hydrogen-bond donors (Lipinski definition) is 0. The molecule has 1 aliphatic carbocycles. The van der Waals surface area contributed by atoms with Crippen LogP contribution in [0, 0.1) is 5.92 Å². The van der Waals surface area contributed by atoms with Gasteiger partial charge in [0.15, 0.2) is 0 Å². The van der Waals surface area contributed by atoms with Gasteiger partial charge in [0, 0.05) is 15.7 Å². The van der Waals surface area contributed by atoms with Crippen LogP contribution in [0.5, 0.6) is 5.75 Å². The second-order valence-electron chi connectivity index (χ2n) is 5.03. The van der Waals surface area contributed by atoms with E-state index in [1.54, 1.807) is 12.1 Å². The lowest BCUT2D eigenvalue weighted by Crippen LogP contribution is -2.23. The molecule has 0 aromatic heterocycles. The van der Waals surface area contributed by atoms with Crippen molar-refractivity contribution >= 4 is 31.3 Å². The van der Waals surface area contributed by atoms with Crippen molar-refractivity contribution in [2.24, 2.45) is 5.92 Å². The van der Waals surface area contributed by atoms with Crippen LogP contribution in [0.1, 0.15) is 32.6 Å². The van der Waals surface area contributed by atoms with Crippen molar-refractivity contribution in [3.8, 4) is 5.75 Å². The van der Waals surface area contributed by atoms with Crippen molar-refractivity contribution in [3.63, 3.8) is 0 Å². The third-order valence-corrected chi connectivity index (χ3v) is 5.00. The Bertz CT molecular complexity index is 549. The minimum absolute atomic E-state index is 0.0505. The number of rotatable bonds is 3. The summed E-state index contributed by atoms with van der Waals surface area (Å²) in [7, 11) is 1.56. The third-order valence-electron chi connectivity index (χ3n) is 3.42. The highest BCUT2D eigenvalue weighted by Crippen LogP contribution is 2.33. The molecule has 0 spiro atoms. The molecule has 0 bridgehead atoms. The molecular formula is C13H16Cl2O3S. The quantitative estimate of drug-likeness (QED) is 0.782. The molecule has 1 aromatic rings. The van der Waals surface area contributed by atoms with Crippen LogP contribution in [0.25, 0.3) is 0 Å². The lowest BCUT2D eigenvalue weighted by Gasteiger charge is -2.27. The van der Waals surface area contributed by atoms with Crippen LogP contribution in [0.3, 0.4) is 0 Å². The summed E-state index contributed by atoms with van der Waals surface area (Å²) >= 11 is 5.81. The van der Waals surface area contributed by atoms with E-state index in [1.807, 2.05) is 0 Å². The standard InChI is InChI=1S/C13H16Cl2O3S/c1-9-2-5-11(6-3-9)18-12-7-4-10(14)8-13(12)19(15,16)17/h4,7-9,11H,2-3,5-6H2,1H3. The molecule has 1 saturated carbocycles. The van der Waals surface area contributed by atoms with Gasteiger partial charge < -0.3 is 4.74 Å². The van der Waals surface area contributed by atoms with Gasteiger partial charge in [-0.1, -0.05) is 18.5 Å². The number of benzene rings is 1. The SMILES string of the molecule is CC1CCC(Oc2ccc(Cl)cc2S(=O)(=O)Cl)CC1. The van der Waals surface area contributed by atoms with Gasteiger partial charge in [0.2, 0.25) is 0 Å². The third kappa shape index (κ3) is 4.01. The Morgan fingerprint density at radius 2 is 1.84 bits per heavy atom. The molecule has 0 radical (unpaired) electrons. The Labute approximate surface area is 123 Å². The highest BCUT2D eigenvalue weighted by Gasteiger charge is 2.23. The summed E-state index contributed by atoms with van der Waals surface area (Å²) in [4.78, 5) is -0.0553. The fourth-order valence-electron chi connectivity index (χ4n) is 2.30. The second kappa shape index (κ2) is 5.90. The van der Waals surface area contributed by atoms with E-state index in [-0.39, 0.29) is 11.0 Å². The Morgan fingerprint density at radius 3 is 2.42 bits per heavy atom. The van der Waals surface area contributed by atoms with Crippen molar-refractivity contribution in [2.75, 3.05) is 0 Å². The average Bonchev–Trinajstić information content (AvgIpc) is 2.33. The average molecular weight is 323 g/mol. The molecule has 6 heteroatoms. The summed E-state index contributed by atoms with van der Waals surface area (Å²) in [6.07, 6.45) is 4.12. The molecule has 19 heavy (non-hydrogen) atoms. The summed E-state index contributed by atoms with van der Waals surface area (Å²) < 4.78 is 28.8. The highest BCUT2D eigenvalue weighted by molar-refractivity contribution is 8.13. The van der Waals surface area contributed by atoms with Crippen LogP contribution in [-0.4, -0.2) is 14.5 Å². The molecule has 3 nitrogen and oxygen atoms in total. The monoisotopic (exact) mass is 322 g/mol. The van der Waals surface area contributed by atoms with E-state index in [2.05, 4.69) is 6.92 Å². The fourth-order valence-corrected chi connectivity index (χ4v) is 3.52. The molecular weight excluding hydrogens is 307 g/mol. The summed E-state index contributed by atoms with van der Waals surface area (Å²) in [6, 6.07) is 4.49. The smallest absolute Gasteiger partial charge is 0.265 e. The van der Waals surface area contributed by atoms with Crippen molar-refractivity contribution in [3.05, 3.63) is 23.2 Å². The van der Waals surface area contributed by atoms with Crippen LogP contribution in [0.2, 0.25) is 5.02 Å². The predicted molar refractivity (Wildman–Crippen MR) is 76.5 cm³/mol. The maximum atomic E-state index is 11.5. The largest absolute Gasteiger partial charge is 0.489 e. The Hall–Kier alpha value is -0.450. The molecule has 0 aliphatic heterocycles. The predicted octanol–water partition coefficient (Wildman–Crippen LogP) is 4.23. The van der Waals surface area contributed by atoms with Gasteiger partial charge in [-0.2, -0.15) is 0 Å².